The van der Waals surface area contributed by atoms with Gasteiger partial charge in [0.25, 0.3) is 0 Å². The van der Waals surface area contributed by atoms with Crippen LogP contribution in [0.5, 0.6) is 0 Å². The molecule has 4 heteroatoms. The molecule has 0 unspecified atom stereocenters. The van der Waals surface area contributed by atoms with E-state index in [2.05, 4.69) is 209 Å². The number of pyridine rings is 1. The van der Waals surface area contributed by atoms with Gasteiger partial charge in [0, 0.05) is 43.4 Å². The fourth-order valence-electron chi connectivity index (χ4n) is 10.0. The average Bonchev–Trinajstić information content (AvgIpc) is 3.91. The molecule has 270 valence electrons. The van der Waals surface area contributed by atoms with Gasteiger partial charge in [-0.1, -0.05) is 133 Å². The second-order valence-corrected chi connectivity index (χ2v) is 15.6. The normalized spacial score (nSPS) is 12.2. The van der Waals surface area contributed by atoms with Crippen LogP contribution in [0.25, 0.3) is 115 Å². The molecule has 0 aliphatic rings. The van der Waals surface area contributed by atoms with E-state index in [9.17, 15) is 0 Å². The third kappa shape index (κ3) is 4.21. The number of hydrogen-bond acceptors (Lipinski definition) is 1. The lowest BCUT2D eigenvalue weighted by Gasteiger charge is -2.20. The van der Waals surface area contributed by atoms with Gasteiger partial charge in [0.15, 0.2) is 5.82 Å². The lowest BCUT2D eigenvalue weighted by molar-refractivity contribution is 1.03. The van der Waals surface area contributed by atoms with Gasteiger partial charge in [-0.2, -0.15) is 0 Å². The minimum atomic E-state index is 0.906. The molecule has 0 aliphatic heterocycles. The molecular weight excluding hydrogens is 705 g/mol. The second kappa shape index (κ2) is 11.7. The lowest BCUT2D eigenvalue weighted by Crippen LogP contribution is -2.09. The van der Waals surface area contributed by atoms with Crippen molar-refractivity contribution in [2.45, 2.75) is 6.92 Å². The van der Waals surface area contributed by atoms with Crippen molar-refractivity contribution in [1.82, 2.24) is 18.7 Å². The lowest BCUT2D eigenvalue weighted by atomic mass is 10.0. The number of aromatic nitrogens is 4. The summed E-state index contributed by atoms with van der Waals surface area (Å²) in [5.41, 5.74) is 11.3. The van der Waals surface area contributed by atoms with E-state index in [1.165, 1.54) is 70.5 Å². The smallest absolute Gasteiger partial charge is 0.163 e. The Morgan fingerprint density at radius 3 is 1.62 bits per heavy atom. The highest BCUT2D eigenvalue weighted by atomic mass is 15.1. The summed E-state index contributed by atoms with van der Waals surface area (Å²) in [5.74, 6) is 0.906. The van der Waals surface area contributed by atoms with Gasteiger partial charge in [-0.15, -0.1) is 0 Å². The van der Waals surface area contributed by atoms with Crippen molar-refractivity contribution in [2.24, 2.45) is 0 Å². The van der Waals surface area contributed by atoms with Crippen molar-refractivity contribution in [3.8, 4) is 17.2 Å². The number of benzene rings is 9. The van der Waals surface area contributed by atoms with Gasteiger partial charge in [-0.25, -0.2) is 4.98 Å². The summed E-state index contributed by atoms with van der Waals surface area (Å²) in [6.45, 7) is 2.27. The molecule has 0 saturated heterocycles. The SMILES string of the molecule is Cc1c(-n2c3ccccc3c3ccccc32)c(-n2c3cc(-n4c5ccccc5c5cc6ccccc6cc54)ccc3c3c4ccccc4ccc32)nc2ccccc12. The van der Waals surface area contributed by atoms with Crippen molar-refractivity contribution in [3.05, 3.63) is 194 Å². The van der Waals surface area contributed by atoms with Gasteiger partial charge in [-0.05, 0) is 88.6 Å². The van der Waals surface area contributed by atoms with Gasteiger partial charge < -0.3 is 9.13 Å². The fraction of sp³-hybridized carbons (Fsp3) is 0.0185. The molecule has 13 aromatic rings. The number of aryl methyl sites for hydroxylation is 1. The summed E-state index contributed by atoms with van der Waals surface area (Å²) in [5, 5.41) is 13.5. The van der Waals surface area contributed by atoms with E-state index >= 15 is 0 Å². The van der Waals surface area contributed by atoms with Crippen LogP contribution in [0.2, 0.25) is 0 Å². The standard InChI is InChI=1S/C54H34N4/c1-33-38-17-6-10-22-45(38)55-54(53(33)57-47-24-12-7-19-40(47)41-20-8-13-25-48(41)57)58-49-29-26-34-14-4-5-18-39(34)52(49)43-28-27-37(32-51(43)58)56-46-23-11-9-21-42(46)44-30-35-15-2-3-16-36(35)31-50(44)56/h2-32H,1H3. The first-order valence-electron chi connectivity index (χ1n) is 20.0. The van der Waals surface area contributed by atoms with Crippen LogP contribution >= 0.6 is 0 Å². The molecule has 0 amide bonds. The van der Waals surface area contributed by atoms with Crippen LogP contribution < -0.4 is 0 Å². The van der Waals surface area contributed by atoms with E-state index in [4.69, 9.17) is 4.98 Å². The van der Waals surface area contributed by atoms with Crippen LogP contribution in [0.1, 0.15) is 5.56 Å². The minimum absolute atomic E-state index is 0.906. The Labute approximate surface area is 333 Å². The Morgan fingerprint density at radius 1 is 0.345 bits per heavy atom. The monoisotopic (exact) mass is 738 g/mol. The Balaban J connectivity index is 1.22. The molecule has 0 N–H and O–H groups in total. The van der Waals surface area contributed by atoms with E-state index in [0.29, 0.717) is 0 Å². The maximum atomic E-state index is 5.69. The Hall–Kier alpha value is -7.69. The third-order valence-electron chi connectivity index (χ3n) is 12.6. The number of nitrogens with zero attached hydrogens (tertiary/aromatic N) is 4. The molecule has 4 heterocycles. The molecular formula is C54H34N4. The summed E-state index contributed by atoms with van der Waals surface area (Å²) in [7, 11) is 0. The van der Waals surface area contributed by atoms with Gasteiger partial charge in [0.1, 0.15) is 0 Å². The quantitative estimate of drug-likeness (QED) is 0.177. The zero-order valence-electron chi connectivity index (χ0n) is 31.7. The molecule has 9 aromatic carbocycles. The summed E-state index contributed by atoms with van der Waals surface area (Å²) in [6, 6.07) is 68.7. The van der Waals surface area contributed by atoms with Crippen LogP contribution in [0.15, 0.2) is 188 Å². The molecule has 58 heavy (non-hydrogen) atoms. The highest BCUT2D eigenvalue weighted by molar-refractivity contribution is 6.22. The maximum Gasteiger partial charge on any atom is 0.163 e. The summed E-state index contributed by atoms with van der Waals surface area (Å²) < 4.78 is 7.35. The molecule has 4 aromatic heterocycles. The first-order chi connectivity index (χ1) is 28.7. The van der Waals surface area contributed by atoms with E-state index in [1.807, 2.05) is 0 Å². The number of fused-ring (bicyclic) bond motifs is 13. The first kappa shape index (κ1) is 31.5. The van der Waals surface area contributed by atoms with Gasteiger partial charge >= 0.3 is 0 Å². The van der Waals surface area contributed by atoms with E-state index in [1.54, 1.807) is 0 Å². The van der Waals surface area contributed by atoms with Crippen molar-refractivity contribution in [1.29, 1.82) is 0 Å². The Bertz CT molecular complexity index is 3820. The van der Waals surface area contributed by atoms with Crippen LogP contribution in [0.3, 0.4) is 0 Å². The van der Waals surface area contributed by atoms with E-state index < -0.39 is 0 Å². The van der Waals surface area contributed by atoms with Crippen molar-refractivity contribution in [3.63, 3.8) is 0 Å². The molecule has 13 rings (SSSR count). The molecule has 0 radical (unpaired) electrons. The van der Waals surface area contributed by atoms with E-state index in [-0.39, 0.29) is 0 Å². The van der Waals surface area contributed by atoms with Crippen LogP contribution in [0, 0.1) is 6.92 Å². The van der Waals surface area contributed by atoms with Gasteiger partial charge in [0.2, 0.25) is 0 Å². The van der Waals surface area contributed by atoms with E-state index in [0.717, 1.165) is 50.2 Å². The van der Waals surface area contributed by atoms with Crippen molar-refractivity contribution < 1.29 is 0 Å². The van der Waals surface area contributed by atoms with Gasteiger partial charge in [0.05, 0.1) is 44.3 Å². The largest absolute Gasteiger partial charge is 0.309 e. The molecule has 0 bridgehead atoms. The van der Waals surface area contributed by atoms with Crippen LogP contribution in [-0.4, -0.2) is 18.7 Å². The highest BCUT2D eigenvalue weighted by Gasteiger charge is 2.25. The third-order valence-corrected chi connectivity index (χ3v) is 12.6. The summed E-state index contributed by atoms with van der Waals surface area (Å²) in [4.78, 5) is 5.69. The number of hydrogen-bond donors (Lipinski definition) is 0. The predicted octanol–water partition coefficient (Wildman–Crippen LogP) is 14.1. The molecule has 0 saturated carbocycles. The topological polar surface area (TPSA) is 27.7 Å². The Kier molecular flexibility index (Phi) is 6.34. The minimum Gasteiger partial charge on any atom is -0.309 e. The molecule has 0 atom stereocenters. The van der Waals surface area contributed by atoms with Crippen molar-refractivity contribution >= 4 is 97.9 Å². The molecule has 4 nitrogen and oxygen atoms in total. The van der Waals surface area contributed by atoms with Crippen molar-refractivity contribution in [2.75, 3.05) is 0 Å². The summed E-state index contributed by atoms with van der Waals surface area (Å²) in [6.07, 6.45) is 0. The molecule has 0 spiro atoms. The molecule has 0 aliphatic carbocycles. The highest BCUT2D eigenvalue weighted by Crippen LogP contribution is 2.43. The van der Waals surface area contributed by atoms with Gasteiger partial charge in [-0.3, -0.25) is 4.57 Å². The first-order valence-corrected chi connectivity index (χ1v) is 20.0. The van der Waals surface area contributed by atoms with Crippen LogP contribution in [-0.2, 0) is 0 Å². The fourth-order valence-corrected chi connectivity index (χ4v) is 10.0. The zero-order valence-corrected chi connectivity index (χ0v) is 31.7. The second-order valence-electron chi connectivity index (χ2n) is 15.6. The predicted molar refractivity (Wildman–Crippen MR) is 245 cm³/mol. The van der Waals surface area contributed by atoms with Crippen LogP contribution in [0.4, 0.5) is 0 Å². The Morgan fingerprint density at radius 2 is 0.897 bits per heavy atom. The molecule has 0 fully saturated rings. The number of para-hydroxylation sites is 4. The maximum absolute atomic E-state index is 5.69. The summed E-state index contributed by atoms with van der Waals surface area (Å²) >= 11 is 0. The average molecular weight is 739 g/mol. The number of rotatable bonds is 3. The zero-order chi connectivity index (χ0) is 38.1.